The van der Waals surface area contributed by atoms with Gasteiger partial charge in [0.2, 0.25) is 11.8 Å². The molecule has 0 aromatic rings. The summed E-state index contributed by atoms with van der Waals surface area (Å²) in [6, 6.07) is -2.20. The summed E-state index contributed by atoms with van der Waals surface area (Å²) in [6.07, 6.45) is 60.3. The summed E-state index contributed by atoms with van der Waals surface area (Å²) in [5.41, 5.74) is 0. The minimum atomic E-state index is -4.68. The molecule has 107 heavy (non-hydrogen) atoms. The van der Waals surface area contributed by atoms with Crippen LogP contribution in [0.3, 0.4) is 0 Å². The van der Waals surface area contributed by atoms with Gasteiger partial charge in [-0.2, -0.15) is 0 Å². The molecule has 0 fully saturated rings. The van der Waals surface area contributed by atoms with Crippen LogP contribution in [0.15, 0.2) is 0 Å². The fourth-order valence-corrected chi connectivity index (χ4v) is 14.6. The van der Waals surface area contributed by atoms with Crippen LogP contribution in [0.1, 0.15) is 420 Å². The van der Waals surface area contributed by atoms with Gasteiger partial charge in [-0.25, -0.2) is 13.9 Å². The number of hydrogen-bond donors (Lipinski definition) is 6. The van der Waals surface area contributed by atoms with Gasteiger partial charge in [0.15, 0.2) is 0 Å². The van der Waals surface area contributed by atoms with E-state index in [9.17, 15) is 42.9 Å². The van der Waals surface area contributed by atoms with E-state index in [1.807, 2.05) is 0 Å². The molecule has 0 heterocycles. The number of carbonyl (C=O) groups is 5. The molecule has 4 amide bonds. The van der Waals surface area contributed by atoms with Gasteiger partial charge in [0.1, 0.15) is 12.2 Å². The molecule has 0 aliphatic carbocycles. The van der Waals surface area contributed by atoms with Crippen molar-refractivity contribution in [2.75, 3.05) is 65.9 Å². The number of amides is 4. The highest BCUT2D eigenvalue weighted by atomic mass is 31.2. The third-order valence-electron chi connectivity index (χ3n) is 19.8. The van der Waals surface area contributed by atoms with E-state index < -0.39 is 33.8 Å². The van der Waals surface area contributed by atoms with Crippen molar-refractivity contribution in [3.8, 4) is 0 Å². The third kappa shape index (κ3) is 75.7. The SMILES string of the molecule is CCCCCCCCCCCCCC(=O)N[C@@H](COCC[C@@H](CCCCCCC)OC(=O)CCCCCCCCCCC)COP(=O)(O)OCCCNC(=O)NCCOP(=O)(O)OC[C@H](COCC[C@@H](CCCCCCC)OC(=O)CCCCCCCCCCC)NC(=O)CCCCCCCCCCCCC. The largest absolute Gasteiger partial charge is 0.472 e. The van der Waals surface area contributed by atoms with Crippen LogP contribution >= 0.6 is 15.6 Å². The number of rotatable bonds is 85. The Bertz CT molecular complexity index is 2120. The monoisotopic (exact) mass is 1570 g/mol. The lowest BCUT2D eigenvalue weighted by Crippen LogP contribution is -2.41. The van der Waals surface area contributed by atoms with Crippen molar-refractivity contribution >= 4 is 45.4 Å². The Kier molecular flexibility index (Phi) is 76.6. The number of carbonyl (C=O) groups excluding carboxylic acids is 5. The molecule has 0 radical (unpaired) electrons. The van der Waals surface area contributed by atoms with Crippen LogP contribution < -0.4 is 21.3 Å². The number of unbranched alkanes of at least 4 members (excludes halogenated alkanes) is 44. The minimum absolute atomic E-state index is 0.00994. The standard InChI is InChI=1S/C84H166N4O17P2/c1-7-13-19-25-29-33-35-39-41-47-53-60-80(89)87-76(72-98-69-64-78(58-51-45-23-17-11-5)104-82(91)62-55-49-43-37-31-27-21-15-9-3)74-102-106(94,95)100-68-57-66-85-84(93)86-67-71-101-107(96,97)103-75-77(88-81(90)61-54-48-42-40-36-34-30-26-20-14-8-2)73-99-70-65-79(59-52-46-24-18-12-6)105-83(92)63-56-50-44-38-32-28-22-16-10-4/h76-79H,7-75H2,1-6H3,(H,87,89)(H,88,90)(H,94,95)(H,96,97)(H2,85,86,93)/t76-,77-,78+,79+/m0/s1. The van der Waals surface area contributed by atoms with Crippen molar-refractivity contribution in [3.05, 3.63) is 0 Å². The maximum Gasteiger partial charge on any atom is 0.472 e. The smallest absolute Gasteiger partial charge is 0.462 e. The zero-order chi connectivity index (χ0) is 78.5. The van der Waals surface area contributed by atoms with E-state index in [0.29, 0.717) is 44.9 Å². The minimum Gasteiger partial charge on any atom is -0.462 e. The van der Waals surface area contributed by atoms with Crippen LogP contribution in [-0.4, -0.2) is 130 Å². The van der Waals surface area contributed by atoms with Crippen molar-refractivity contribution in [1.29, 1.82) is 0 Å². The van der Waals surface area contributed by atoms with Crippen molar-refractivity contribution in [1.82, 2.24) is 21.3 Å². The highest BCUT2D eigenvalue weighted by molar-refractivity contribution is 7.47. The predicted molar refractivity (Wildman–Crippen MR) is 437 cm³/mol. The maximum absolute atomic E-state index is 13.3. The Balaban J connectivity index is 5.50. The van der Waals surface area contributed by atoms with Crippen molar-refractivity contribution in [2.24, 2.45) is 0 Å². The number of phosphoric acid groups is 2. The number of urea groups is 1. The van der Waals surface area contributed by atoms with Crippen LogP contribution in [0.5, 0.6) is 0 Å². The molecule has 21 nitrogen and oxygen atoms in total. The number of ether oxygens (including phenoxy) is 4. The molecule has 0 spiro atoms. The molecule has 0 saturated carbocycles. The fraction of sp³-hybridized carbons (Fsp3) is 0.940. The summed E-state index contributed by atoms with van der Waals surface area (Å²) in [5, 5.41) is 11.0. The van der Waals surface area contributed by atoms with Crippen molar-refractivity contribution < 1.29 is 79.9 Å². The van der Waals surface area contributed by atoms with Crippen LogP contribution in [0.2, 0.25) is 0 Å². The van der Waals surface area contributed by atoms with Crippen LogP contribution in [0.25, 0.3) is 0 Å². The van der Waals surface area contributed by atoms with E-state index in [2.05, 4.69) is 62.8 Å². The molecule has 2 unspecified atom stereocenters. The van der Waals surface area contributed by atoms with Gasteiger partial charge < -0.3 is 50.0 Å². The van der Waals surface area contributed by atoms with Crippen LogP contribution in [0, 0.1) is 0 Å². The lowest BCUT2D eigenvalue weighted by atomic mass is 10.1. The maximum atomic E-state index is 13.3. The van der Waals surface area contributed by atoms with Gasteiger partial charge in [0.25, 0.3) is 0 Å². The van der Waals surface area contributed by atoms with Crippen molar-refractivity contribution in [2.45, 2.75) is 445 Å². The second-order valence-electron chi connectivity index (χ2n) is 30.3. The topological polar surface area (TPSA) is 282 Å². The lowest BCUT2D eigenvalue weighted by Gasteiger charge is -2.22. The van der Waals surface area contributed by atoms with E-state index >= 15 is 0 Å². The van der Waals surface area contributed by atoms with Gasteiger partial charge in [-0.3, -0.25) is 37.3 Å². The normalized spacial score (nSPS) is 13.9. The molecule has 0 aliphatic heterocycles. The molecule has 0 aromatic heterocycles. The first-order valence-electron chi connectivity index (χ1n) is 44.4. The zero-order valence-electron chi connectivity index (χ0n) is 69.5. The second kappa shape index (κ2) is 78.6. The fourth-order valence-electron chi connectivity index (χ4n) is 13.1. The number of phosphoric ester groups is 2. The van der Waals surface area contributed by atoms with E-state index in [1.54, 1.807) is 0 Å². The summed E-state index contributed by atoms with van der Waals surface area (Å²) in [6.45, 7) is 12.2. The van der Waals surface area contributed by atoms with E-state index in [-0.39, 0.29) is 115 Å². The number of esters is 2. The molecule has 0 bridgehead atoms. The van der Waals surface area contributed by atoms with E-state index in [4.69, 9.17) is 37.0 Å². The van der Waals surface area contributed by atoms with Crippen LogP contribution in [0.4, 0.5) is 4.79 Å². The summed E-state index contributed by atoms with van der Waals surface area (Å²) in [7, 11) is -9.31. The van der Waals surface area contributed by atoms with Gasteiger partial charge >= 0.3 is 33.6 Å². The summed E-state index contributed by atoms with van der Waals surface area (Å²) in [4.78, 5) is 86.8. The molecule has 0 aliphatic rings. The second-order valence-corrected chi connectivity index (χ2v) is 33.3. The molecule has 0 aromatic carbocycles. The van der Waals surface area contributed by atoms with E-state index in [0.717, 1.165) is 154 Å². The summed E-state index contributed by atoms with van der Waals surface area (Å²) in [5.74, 6) is -0.813. The average molecular weight is 1570 g/mol. The Morgan fingerprint density at radius 2 is 0.561 bits per heavy atom. The predicted octanol–water partition coefficient (Wildman–Crippen LogP) is 22.5. The summed E-state index contributed by atoms with van der Waals surface area (Å²) < 4.78 is 71.8. The van der Waals surface area contributed by atoms with Crippen molar-refractivity contribution in [3.63, 3.8) is 0 Å². The number of nitrogens with one attached hydrogen (secondary N) is 4. The molecular formula is C84H166N4O17P2. The Hall–Kier alpha value is -2.71. The third-order valence-corrected chi connectivity index (χ3v) is 21.7. The van der Waals surface area contributed by atoms with Gasteiger partial charge in [-0.15, -0.1) is 0 Å². The number of hydrogen-bond acceptors (Lipinski definition) is 15. The molecule has 6 N–H and O–H groups in total. The Morgan fingerprint density at radius 1 is 0.290 bits per heavy atom. The molecule has 6 atom stereocenters. The van der Waals surface area contributed by atoms with Gasteiger partial charge in [-0.1, -0.05) is 324 Å². The van der Waals surface area contributed by atoms with Gasteiger partial charge in [0.05, 0.1) is 64.9 Å². The van der Waals surface area contributed by atoms with Crippen LogP contribution in [-0.2, 0) is 65.4 Å². The Morgan fingerprint density at radius 3 is 0.879 bits per heavy atom. The first-order chi connectivity index (χ1) is 52.0. The van der Waals surface area contributed by atoms with Gasteiger partial charge in [0, 0.05) is 51.6 Å². The molecule has 23 heteroatoms. The first-order valence-corrected chi connectivity index (χ1v) is 47.4. The highest BCUT2D eigenvalue weighted by Crippen LogP contribution is 2.44. The molecule has 634 valence electrons. The Labute approximate surface area is 654 Å². The molecule has 0 saturated heterocycles. The zero-order valence-corrected chi connectivity index (χ0v) is 71.3. The highest BCUT2D eigenvalue weighted by Gasteiger charge is 2.27. The molecular weight excluding hydrogens is 1400 g/mol. The van der Waals surface area contributed by atoms with Gasteiger partial charge in [-0.05, 0) is 57.8 Å². The quantitative estimate of drug-likeness (QED) is 0.0187. The first kappa shape index (κ1) is 104. The molecule has 0 rings (SSSR count). The average Bonchev–Trinajstić information content (AvgIpc) is 0.926. The lowest BCUT2D eigenvalue weighted by molar-refractivity contribution is -0.151. The van der Waals surface area contributed by atoms with E-state index in [1.165, 1.54) is 167 Å². The summed E-state index contributed by atoms with van der Waals surface area (Å²) >= 11 is 0.